The third-order valence-corrected chi connectivity index (χ3v) is 1.69. The van der Waals surface area contributed by atoms with Crippen LogP contribution in [-0.2, 0) is 0 Å². The van der Waals surface area contributed by atoms with E-state index in [-0.39, 0.29) is 6.07 Å². The van der Waals surface area contributed by atoms with Gasteiger partial charge in [0.05, 0.1) is 5.56 Å². The molecular formula is C8H2F8. The zero-order chi connectivity index (χ0) is 12.7. The lowest BCUT2D eigenvalue weighted by Crippen LogP contribution is -2.20. The lowest BCUT2D eigenvalue weighted by molar-refractivity contribution is -0.184. The monoisotopic (exact) mass is 250 g/mol. The molecule has 8 heteroatoms. The van der Waals surface area contributed by atoms with E-state index >= 15 is 0 Å². The minimum atomic E-state index is -5.65. The highest BCUT2D eigenvalue weighted by Crippen LogP contribution is 2.39. The average Bonchev–Trinajstić information content (AvgIpc) is 2.13. The molecule has 0 heterocycles. The SMILES string of the molecule is Fc1cc(F)c(F)c(C(F)C(F)(F)F)c1F. The summed E-state index contributed by atoms with van der Waals surface area (Å²) in [6, 6.07) is -0.308. The van der Waals surface area contributed by atoms with Gasteiger partial charge in [0, 0.05) is 6.07 Å². The average molecular weight is 250 g/mol. The summed E-state index contributed by atoms with van der Waals surface area (Å²) in [5.41, 5.74) is -2.31. The zero-order valence-electron chi connectivity index (χ0n) is 7.18. The molecule has 0 aliphatic rings. The van der Waals surface area contributed by atoms with Gasteiger partial charge in [0.1, 0.15) is 0 Å². The predicted octanol–water partition coefficient (Wildman–Crippen LogP) is 3.82. The number of alkyl halides is 4. The molecule has 0 nitrogen and oxygen atoms in total. The maximum Gasteiger partial charge on any atom is 0.424 e. The van der Waals surface area contributed by atoms with E-state index in [0.717, 1.165) is 0 Å². The van der Waals surface area contributed by atoms with E-state index in [4.69, 9.17) is 0 Å². The van der Waals surface area contributed by atoms with Gasteiger partial charge >= 0.3 is 6.18 Å². The summed E-state index contributed by atoms with van der Waals surface area (Å²) in [4.78, 5) is 0. The molecule has 0 aliphatic carbocycles. The summed E-state index contributed by atoms with van der Waals surface area (Å²) in [6.07, 6.45) is -9.78. The third kappa shape index (κ3) is 2.10. The highest BCUT2D eigenvalue weighted by Gasteiger charge is 2.45. The fraction of sp³-hybridized carbons (Fsp3) is 0.250. The lowest BCUT2D eigenvalue weighted by Gasteiger charge is -2.14. The van der Waals surface area contributed by atoms with Crippen molar-refractivity contribution in [3.63, 3.8) is 0 Å². The smallest absolute Gasteiger partial charge is 0.232 e. The zero-order valence-corrected chi connectivity index (χ0v) is 7.18. The molecular weight excluding hydrogens is 248 g/mol. The van der Waals surface area contributed by atoms with Crippen LogP contribution < -0.4 is 0 Å². The van der Waals surface area contributed by atoms with Gasteiger partial charge in [-0.05, 0) is 0 Å². The summed E-state index contributed by atoms with van der Waals surface area (Å²) in [7, 11) is 0. The van der Waals surface area contributed by atoms with Crippen molar-refractivity contribution >= 4 is 0 Å². The molecule has 0 fully saturated rings. The molecule has 1 atom stereocenters. The summed E-state index contributed by atoms with van der Waals surface area (Å²) in [5, 5.41) is 0. The molecule has 1 aromatic carbocycles. The van der Waals surface area contributed by atoms with Crippen molar-refractivity contribution in [3.8, 4) is 0 Å². The highest BCUT2D eigenvalue weighted by molar-refractivity contribution is 5.25. The molecule has 1 unspecified atom stereocenters. The molecule has 0 aliphatic heterocycles. The predicted molar refractivity (Wildman–Crippen MR) is 36.2 cm³/mol. The summed E-state index contributed by atoms with van der Waals surface area (Å²) in [6.45, 7) is 0. The Morgan fingerprint density at radius 3 is 1.56 bits per heavy atom. The summed E-state index contributed by atoms with van der Waals surface area (Å²) < 4.78 is 98.3. The quantitative estimate of drug-likeness (QED) is 0.525. The number of hydrogen-bond acceptors (Lipinski definition) is 0. The Kier molecular flexibility index (Phi) is 3.11. The van der Waals surface area contributed by atoms with E-state index in [0.29, 0.717) is 0 Å². The molecule has 0 radical (unpaired) electrons. The second-order valence-electron chi connectivity index (χ2n) is 2.79. The fourth-order valence-corrected chi connectivity index (χ4v) is 0.978. The van der Waals surface area contributed by atoms with Gasteiger partial charge in [-0.3, -0.25) is 0 Å². The van der Waals surface area contributed by atoms with E-state index in [1.165, 1.54) is 0 Å². The van der Waals surface area contributed by atoms with Crippen LogP contribution in [0.5, 0.6) is 0 Å². The van der Waals surface area contributed by atoms with Gasteiger partial charge in [0.25, 0.3) is 0 Å². The highest BCUT2D eigenvalue weighted by atomic mass is 19.4. The molecule has 0 bridgehead atoms. The first-order valence-electron chi connectivity index (χ1n) is 3.70. The van der Waals surface area contributed by atoms with Crippen LogP contribution in [0.3, 0.4) is 0 Å². The van der Waals surface area contributed by atoms with Crippen LogP contribution in [-0.4, -0.2) is 6.18 Å². The summed E-state index contributed by atoms with van der Waals surface area (Å²) >= 11 is 0. The van der Waals surface area contributed by atoms with Gasteiger partial charge in [0.2, 0.25) is 6.17 Å². The Morgan fingerprint density at radius 1 is 0.875 bits per heavy atom. The van der Waals surface area contributed by atoms with Gasteiger partial charge in [-0.2, -0.15) is 13.2 Å². The van der Waals surface area contributed by atoms with E-state index in [9.17, 15) is 35.1 Å². The third-order valence-electron chi connectivity index (χ3n) is 1.69. The largest absolute Gasteiger partial charge is 0.424 e. The van der Waals surface area contributed by atoms with Crippen LogP contribution in [0, 0.1) is 23.3 Å². The van der Waals surface area contributed by atoms with Crippen molar-refractivity contribution in [1.82, 2.24) is 0 Å². The lowest BCUT2D eigenvalue weighted by atomic mass is 10.1. The van der Waals surface area contributed by atoms with Gasteiger partial charge in [-0.25, -0.2) is 22.0 Å². The van der Waals surface area contributed by atoms with Gasteiger partial charge in [-0.15, -0.1) is 0 Å². The normalized spacial score (nSPS) is 14.0. The Hall–Kier alpha value is -1.34. The Balaban J connectivity index is 3.44. The molecule has 0 aromatic heterocycles. The Morgan fingerprint density at radius 2 is 1.25 bits per heavy atom. The second-order valence-corrected chi connectivity index (χ2v) is 2.79. The second kappa shape index (κ2) is 3.91. The number of rotatable bonds is 1. The number of hydrogen-bond donors (Lipinski definition) is 0. The molecule has 0 N–H and O–H groups in total. The molecule has 0 amide bonds. The van der Waals surface area contributed by atoms with Gasteiger partial charge in [0.15, 0.2) is 23.3 Å². The fourth-order valence-electron chi connectivity index (χ4n) is 0.978. The van der Waals surface area contributed by atoms with Crippen molar-refractivity contribution < 1.29 is 35.1 Å². The summed E-state index contributed by atoms with van der Waals surface area (Å²) in [5.74, 6) is -8.99. The standard InChI is InChI=1S/C8H2F8/c9-2-1-3(10)6(12)4(5(2)11)7(13)8(14,15)16/h1,7H. The molecule has 0 saturated carbocycles. The van der Waals surface area contributed by atoms with Crippen molar-refractivity contribution in [1.29, 1.82) is 0 Å². The maximum atomic E-state index is 12.7. The molecule has 0 saturated heterocycles. The van der Waals surface area contributed by atoms with Crippen LogP contribution in [0.25, 0.3) is 0 Å². The number of halogens is 8. The molecule has 16 heavy (non-hydrogen) atoms. The van der Waals surface area contributed by atoms with Crippen molar-refractivity contribution in [3.05, 3.63) is 34.9 Å². The van der Waals surface area contributed by atoms with Crippen LogP contribution in [0.2, 0.25) is 0 Å². The van der Waals surface area contributed by atoms with E-state index < -0.39 is 41.2 Å². The first kappa shape index (κ1) is 12.7. The van der Waals surface area contributed by atoms with Crippen LogP contribution >= 0.6 is 0 Å². The van der Waals surface area contributed by atoms with Crippen molar-refractivity contribution in [2.24, 2.45) is 0 Å². The number of benzene rings is 1. The molecule has 90 valence electrons. The van der Waals surface area contributed by atoms with E-state index in [1.807, 2.05) is 0 Å². The topological polar surface area (TPSA) is 0 Å². The Bertz CT molecular complexity index is 381. The molecule has 1 rings (SSSR count). The van der Waals surface area contributed by atoms with Crippen molar-refractivity contribution in [2.75, 3.05) is 0 Å². The van der Waals surface area contributed by atoms with E-state index in [2.05, 4.69) is 0 Å². The van der Waals surface area contributed by atoms with Crippen LogP contribution in [0.1, 0.15) is 11.7 Å². The van der Waals surface area contributed by atoms with Crippen LogP contribution in [0.4, 0.5) is 35.1 Å². The van der Waals surface area contributed by atoms with Gasteiger partial charge in [-0.1, -0.05) is 0 Å². The van der Waals surface area contributed by atoms with Crippen molar-refractivity contribution in [2.45, 2.75) is 12.3 Å². The minimum absolute atomic E-state index is 0.308. The Labute approximate surface area is 83.5 Å². The van der Waals surface area contributed by atoms with Gasteiger partial charge < -0.3 is 0 Å². The minimum Gasteiger partial charge on any atom is -0.232 e. The first-order chi connectivity index (χ1) is 7.16. The molecule has 1 aromatic rings. The van der Waals surface area contributed by atoms with E-state index in [1.54, 1.807) is 0 Å². The first-order valence-corrected chi connectivity index (χ1v) is 3.70. The maximum absolute atomic E-state index is 12.7. The van der Waals surface area contributed by atoms with Crippen LogP contribution in [0.15, 0.2) is 6.07 Å². The molecule has 0 spiro atoms.